The number of allylic oxidation sites excluding steroid dienone is 1. The maximum Gasteiger partial charge on any atom is 0.0938 e. The average molecular weight is 573 g/mol. The number of rotatable bonds is 1. The Balaban J connectivity index is 1.62. The summed E-state index contributed by atoms with van der Waals surface area (Å²) < 4.78 is 8.24. The van der Waals surface area contributed by atoms with Crippen LogP contribution in [0.15, 0.2) is 27.9 Å². The molecule has 3 saturated heterocycles. The Labute approximate surface area is 248 Å². The van der Waals surface area contributed by atoms with Crippen molar-refractivity contribution in [2.24, 2.45) is 16.6 Å². The van der Waals surface area contributed by atoms with E-state index < -0.39 is 0 Å². The number of morpholine rings is 1. The lowest BCUT2D eigenvalue weighted by Crippen LogP contribution is -2.69. The molecular weight excluding hydrogens is 516 g/mol. The van der Waals surface area contributed by atoms with E-state index >= 15 is 0 Å². The third kappa shape index (κ3) is 5.90. The number of ether oxygens (including phenoxy) is 1. The van der Waals surface area contributed by atoms with E-state index in [0.29, 0.717) is 6.04 Å². The van der Waals surface area contributed by atoms with E-state index in [-0.39, 0.29) is 34.1 Å². The van der Waals surface area contributed by atoms with Crippen LogP contribution in [-0.2, 0) is 4.74 Å². The van der Waals surface area contributed by atoms with Crippen molar-refractivity contribution in [2.75, 3.05) is 32.8 Å². The predicted molar refractivity (Wildman–Crippen MR) is 169 cm³/mol. The van der Waals surface area contributed by atoms with Crippen molar-refractivity contribution >= 4 is 18.2 Å². The standard InChI is InChI=1S/C32H56N6OS/c1-29(2)22-26(33)28-24-19-27(35-15-17-39-18-16-35)40-37(23-24)38-30(3,4)20-25(21-31(38,5)6)34-13-11-9-10-12-14-36(29)32(28,7)8/h13,19,23,25-26,28H,9-12,14-18,20-22,33H2,1-8H3. The summed E-state index contributed by atoms with van der Waals surface area (Å²) in [6.07, 6.45) is 15.0. The number of aliphatic imine (C=N–C) groups is 1. The molecule has 0 spiro atoms. The highest BCUT2D eigenvalue weighted by Crippen LogP contribution is 2.50. The van der Waals surface area contributed by atoms with E-state index in [9.17, 15) is 0 Å². The first kappa shape index (κ1) is 30.4. The van der Waals surface area contributed by atoms with Gasteiger partial charge < -0.3 is 15.4 Å². The second kappa shape index (κ2) is 11.2. The monoisotopic (exact) mass is 572 g/mol. The molecule has 0 amide bonds. The molecule has 6 bridgehead atoms. The number of hydrogen-bond acceptors (Lipinski definition) is 8. The molecule has 0 aliphatic carbocycles. The molecular formula is C32H56N6OS. The smallest absolute Gasteiger partial charge is 0.0938 e. The molecule has 3 unspecified atom stereocenters. The lowest BCUT2D eigenvalue weighted by molar-refractivity contribution is -0.118. The summed E-state index contributed by atoms with van der Waals surface area (Å²) in [5.74, 6) is 0.239. The van der Waals surface area contributed by atoms with Gasteiger partial charge in [0.25, 0.3) is 0 Å². The van der Waals surface area contributed by atoms with Gasteiger partial charge in [-0.15, -0.1) is 0 Å². The number of nitrogens with zero attached hydrogens (tertiary/aromatic N) is 5. The molecule has 2 N–H and O–H groups in total. The summed E-state index contributed by atoms with van der Waals surface area (Å²) in [7, 11) is 0. The lowest BCUT2D eigenvalue weighted by atomic mass is 9.66. The first-order valence-electron chi connectivity index (χ1n) is 15.8. The van der Waals surface area contributed by atoms with E-state index in [4.69, 9.17) is 15.5 Å². The minimum absolute atomic E-state index is 0.0436. The van der Waals surface area contributed by atoms with Crippen LogP contribution in [-0.4, -0.2) is 92.5 Å². The molecule has 3 atom stereocenters. The first-order valence-corrected chi connectivity index (χ1v) is 16.6. The number of hydrazine groups is 1. The quantitative estimate of drug-likeness (QED) is 0.399. The number of fused-ring (bicyclic) bond motifs is 7. The van der Waals surface area contributed by atoms with Crippen LogP contribution in [0, 0.1) is 5.92 Å². The van der Waals surface area contributed by atoms with Crippen LogP contribution in [0.25, 0.3) is 0 Å². The molecule has 6 aliphatic rings. The molecule has 0 aromatic carbocycles. The van der Waals surface area contributed by atoms with Crippen molar-refractivity contribution in [1.82, 2.24) is 19.2 Å². The maximum atomic E-state index is 7.19. The van der Waals surface area contributed by atoms with Gasteiger partial charge in [-0.3, -0.25) is 9.89 Å². The molecule has 7 nitrogen and oxygen atoms in total. The van der Waals surface area contributed by atoms with E-state index in [1.165, 1.54) is 29.9 Å². The molecule has 6 aliphatic heterocycles. The van der Waals surface area contributed by atoms with Gasteiger partial charge in [0, 0.05) is 65.4 Å². The third-order valence-electron chi connectivity index (χ3n) is 10.1. The van der Waals surface area contributed by atoms with Crippen LogP contribution >= 0.6 is 11.9 Å². The molecule has 0 saturated carbocycles. The molecule has 6 rings (SSSR count). The van der Waals surface area contributed by atoms with Crippen LogP contribution in [0.3, 0.4) is 0 Å². The summed E-state index contributed by atoms with van der Waals surface area (Å²) in [5, 5.41) is 3.98. The van der Waals surface area contributed by atoms with Gasteiger partial charge in [0.05, 0.1) is 24.3 Å². The van der Waals surface area contributed by atoms with E-state index in [2.05, 4.69) is 93.1 Å². The Morgan fingerprint density at radius 3 is 2.23 bits per heavy atom. The Morgan fingerprint density at radius 2 is 1.55 bits per heavy atom. The minimum Gasteiger partial charge on any atom is -0.378 e. The third-order valence-corrected chi connectivity index (χ3v) is 11.1. The largest absolute Gasteiger partial charge is 0.378 e. The summed E-state index contributed by atoms with van der Waals surface area (Å²) in [6.45, 7) is 23.9. The summed E-state index contributed by atoms with van der Waals surface area (Å²) in [6, 6.07) is 0.463. The normalized spacial score (nSPS) is 37.4. The average Bonchev–Trinajstić information content (AvgIpc) is 2.82. The van der Waals surface area contributed by atoms with Crippen LogP contribution in [0.5, 0.6) is 0 Å². The van der Waals surface area contributed by atoms with Gasteiger partial charge in [-0.2, -0.15) is 5.01 Å². The van der Waals surface area contributed by atoms with Gasteiger partial charge in [-0.05, 0) is 118 Å². The van der Waals surface area contributed by atoms with E-state index in [1.54, 1.807) is 0 Å². The van der Waals surface area contributed by atoms with Crippen LogP contribution in [0.1, 0.15) is 100 Å². The van der Waals surface area contributed by atoms with Crippen molar-refractivity contribution in [3.8, 4) is 0 Å². The van der Waals surface area contributed by atoms with Crippen molar-refractivity contribution in [3.05, 3.63) is 22.9 Å². The molecule has 0 radical (unpaired) electrons. The highest BCUT2D eigenvalue weighted by atomic mass is 32.2. The molecule has 0 aromatic rings. The van der Waals surface area contributed by atoms with Gasteiger partial charge in [0.2, 0.25) is 0 Å². The van der Waals surface area contributed by atoms with Crippen LogP contribution < -0.4 is 5.73 Å². The van der Waals surface area contributed by atoms with Crippen molar-refractivity contribution < 1.29 is 4.74 Å². The Bertz CT molecular complexity index is 993. The molecule has 0 aromatic heterocycles. The zero-order valence-electron chi connectivity index (χ0n) is 26.6. The predicted octanol–water partition coefficient (Wildman–Crippen LogP) is 5.80. The number of piperidine rings is 2. The topological polar surface area (TPSA) is 60.6 Å². The molecule has 3 fully saturated rings. The van der Waals surface area contributed by atoms with Gasteiger partial charge in [0.15, 0.2) is 0 Å². The Morgan fingerprint density at radius 1 is 0.875 bits per heavy atom. The molecule has 40 heavy (non-hydrogen) atoms. The summed E-state index contributed by atoms with van der Waals surface area (Å²) >= 11 is 1.88. The van der Waals surface area contributed by atoms with Crippen molar-refractivity contribution in [2.45, 2.75) is 135 Å². The number of hydrogen-bond donors (Lipinski definition) is 1. The fourth-order valence-corrected chi connectivity index (χ4v) is 10.3. The van der Waals surface area contributed by atoms with E-state index in [0.717, 1.165) is 58.5 Å². The number of nitrogens with two attached hydrogens (primary N) is 1. The zero-order chi connectivity index (χ0) is 28.9. The fraction of sp³-hybridized carbons (Fsp3) is 0.844. The SMILES string of the molecule is CC1(C)CC2CC(C)(C)N1N1C=C(C=C(N3CCOCC3)S1)C1C(N)CC(C)(C)N(CCCCCC=N2)C1(C)C. The van der Waals surface area contributed by atoms with Crippen molar-refractivity contribution in [3.63, 3.8) is 0 Å². The fourth-order valence-electron chi connectivity index (χ4n) is 8.94. The van der Waals surface area contributed by atoms with Gasteiger partial charge in [-0.25, -0.2) is 4.41 Å². The Kier molecular flexibility index (Phi) is 8.52. The molecule has 226 valence electrons. The highest BCUT2D eigenvalue weighted by molar-refractivity contribution is 8.00. The lowest BCUT2D eigenvalue weighted by Gasteiger charge is -2.60. The second-order valence-electron chi connectivity index (χ2n) is 15.2. The molecule has 8 heteroatoms. The Hall–Kier alpha value is -1.06. The first-order chi connectivity index (χ1) is 18.7. The summed E-state index contributed by atoms with van der Waals surface area (Å²) in [5.41, 5.74) is 8.47. The highest BCUT2D eigenvalue weighted by Gasteiger charge is 2.53. The zero-order valence-corrected chi connectivity index (χ0v) is 27.4. The van der Waals surface area contributed by atoms with Crippen LogP contribution in [0.4, 0.5) is 0 Å². The summed E-state index contributed by atoms with van der Waals surface area (Å²) in [4.78, 5) is 10.5. The van der Waals surface area contributed by atoms with Crippen LogP contribution in [0.2, 0.25) is 0 Å². The van der Waals surface area contributed by atoms with E-state index in [1.807, 2.05) is 11.9 Å². The molecule has 6 heterocycles. The van der Waals surface area contributed by atoms with Gasteiger partial charge in [-0.1, -0.05) is 6.42 Å². The van der Waals surface area contributed by atoms with Gasteiger partial charge >= 0.3 is 0 Å². The van der Waals surface area contributed by atoms with Gasteiger partial charge in [0.1, 0.15) is 0 Å². The maximum absolute atomic E-state index is 7.19. The minimum atomic E-state index is -0.0687. The second-order valence-corrected chi connectivity index (χ2v) is 16.2. The van der Waals surface area contributed by atoms with Crippen molar-refractivity contribution in [1.29, 1.82) is 0 Å².